The normalized spacial score (nSPS) is 12.4. The third-order valence-electron chi connectivity index (χ3n) is 2.06. The van der Waals surface area contributed by atoms with Gasteiger partial charge >= 0.3 is 0 Å². The lowest BCUT2D eigenvalue weighted by atomic mass is 10.4. The fourth-order valence-corrected chi connectivity index (χ4v) is 1.93. The summed E-state index contributed by atoms with van der Waals surface area (Å²) in [6.07, 6.45) is 2.46. The highest BCUT2D eigenvalue weighted by Gasteiger charge is 2.10. The second-order valence-corrected chi connectivity index (χ2v) is 4.47. The Kier molecular flexibility index (Phi) is 4.63. The van der Waals surface area contributed by atoms with Gasteiger partial charge in [-0.25, -0.2) is 10.5 Å². The highest BCUT2D eigenvalue weighted by Crippen LogP contribution is 2.16. The van der Waals surface area contributed by atoms with E-state index < -0.39 is 6.10 Å². The summed E-state index contributed by atoms with van der Waals surface area (Å²) >= 11 is 1.19. The van der Waals surface area contributed by atoms with Crippen LogP contribution in [0.2, 0.25) is 0 Å². The van der Waals surface area contributed by atoms with Crippen LogP contribution in [0.5, 0.6) is 0 Å². The maximum absolute atomic E-state index is 9.30. The largest absolute Gasteiger partial charge is 0.394 e. The van der Waals surface area contributed by atoms with E-state index in [0.29, 0.717) is 11.1 Å². The quantitative estimate of drug-likeness (QED) is 0.292. The van der Waals surface area contributed by atoms with E-state index in [-0.39, 0.29) is 18.3 Å². The summed E-state index contributed by atoms with van der Waals surface area (Å²) in [5, 5.41) is 22.4. The van der Waals surface area contributed by atoms with E-state index in [9.17, 15) is 5.11 Å². The molecule has 0 saturated carbocycles. The number of thioether (sulfide) groups is 1. The number of aromatic nitrogens is 5. The molecule has 10 heteroatoms. The van der Waals surface area contributed by atoms with Crippen LogP contribution in [0.4, 0.5) is 5.95 Å². The topological polar surface area (TPSA) is 135 Å². The zero-order valence-electron chi connectivity index (χ0n) is 9.84. The lowest BCUT2D eigenvalue weighted by Gasteiger charge is -2.08. The molecule has 102 valence electrons. The number of nitrogens with two attached hydrogens (primary N) is 1. The van der Waals surface area contributed by atoms with Gasteiger partial charge in [0.25, 0.3) is 5.95 Å². The Morgan fingerprint density at radius 2 is 2.26 bits per heavy atom. The van der Waals surface area contributed by atoms with Crippen molar-refractivity contribution < 1.29 is 10.2 Å². The van der Waals surface area contributed by atoms with Gasteiger partial charge in [-0.05, 0) is 6.07 Å². The molecule has 9 nitrogen and oxygen atoms in total. The van der Waals surface area contributed by atoms with E-state index in [1.54, 1.807) is 18.5 Å². The number of hydrogen-bond donors (Lipinski definition) is 4. The number of hydrazine groups is 1. The molecule has 0 saturated heterocycles. The Bertz CT molecular complexity index is 521. The molecule has 1 unspecified atom stereocenters. The number of nitrogens with one attached hydrogen (secondary N) is 1. The Morgan fingerprint density at radius 3 is 2.89 bits per heavy atom. The molecular weight excluding hydrogens is 270 g/mol. The highest BCUT2D eigenvalue weighted by molar-refractivity contribution is 7.99. The molecule has 19 heavy (non-hydrogen) atoms. The number of aliphatic hydroxyl groups is 2. The highest BCUT2D eigenvalue weighted by atomic mass is 32.2. The van der Waals surface area contributed by atoms with Crippen LogP contribution in [-0.2, 0) is 0 Å². The van der Waals surface area contributed by atoms with Crippen LogP contribution >= 0.6 is 11.8 Å². The van der Waals surface area contributed by atoms with Crippen LogP contribution in [-0.4, -0.2) is 53.4 Å². The smallest absolute Gasteiger partial charge is 0.256 e. The van der Waals surface area contributed by atoms with Crippen molar-refractivity contribution >= 4 is 17.7 Å². The Morgan fingerprint density at radius 1 is 1.42 bits per heavy atom. The maximum Gasteiger partial charge on any atom is 0.256 e. The summed E-state index contributed by atoms with van der Waals surface area (Å²) in [5.74, 6) is 6.07. The molecule has 0 aliphatic carbocycles. The summed E-state index contributed by atoms with van der Waals surface area (Å²) in [4.78, 5) is 12.3. The van der Waals surface area contributed by atoms with E-state index >= 15 is 0 Å². The first-order valence-electron chi connectivity index (χ1n) is 5.37. The van der Waals surface area contributed by atoms with Crippen molar-refractivity contribution in [2.24, 2.45) is 5.84 Å². The molecule has 2 heterocycles. The van der Waals surface area contributed by atoms with Gasteiger partial charge in [0.05, 0.1) is 12.7 Å². The van der Waals surface area contributed by atoms with Gasteiger partial charge < -0.3 is 10.2 Å². The second kappa shape index (κ2) is 6.43. The van der Waals surface area contributed by atoms with E-state index in [4.69, 9.17) is 10.9 Å². The molecule has 0 radical (unpaired) electrons. The van der Waals surface area contributed by atoms with Crippen LogP contribution in [0.25, 0.3) is 5.95 Å². The number of nitrogen functional groups attached to an aromatic ring is 1. The molecule has 0 fully saturated rings. The van der Waals surface area contributed by atoms with Crippen molar-refractivity contribution in [3.8, 4) is 5.95 Å². The van der Waals surface area contributed by atoms with Crippen LogP contribution in [0.1, 0.15) is 0 Å². The van der Waals surface area contributed by atoms with Crippen molar-refractivity contribution in [1.29, 1.82) is 0 Å². The molecule has 0 aliphatic rings. The number of nitrogens with zero attached hydrogens (tertiary/aromatic N) is 5. The minimum Gasteiger partial charge on any atom is -0.394 e. The zero-order chi connectivity index (χ0) is 13.7. The summed E-state index contributed by atoms with van der Waals surface area (Å²) in [6.45, 7) is -0.313. The number of rotatable bonds is 6. The summed E-state index contributed by atoms with van der Waals surface area (Å²) in [7, 11) is 0. The minimum atomic E-state index is -0.829. The molecule has 0 amide bonds. The predicted molar refractivity (Wildman–Crippen MR) is 68.6 cm³/mol. The third-order valence-corrected chi connectivity index (χ3v) is 3.05. The Hall–Kier alpha value is -1.75. The third kappa shape index (κ3) is 3.61. The SMILES string of the molecule is NNc1nc(SCC(O)CO)nc(-n2cccn2)n1. The molecule has 5 N–H and O–H groups in total. The first-order valence-corrected chi connectivity index (χ1v) is 6.36. The van der Waals surface area contributed by atoms with Crippen LogP contribution in [0.3, 0.4) is 0 Å². The van der Waals surface area contributed by atoms with Gasteiger partial charge in [-0.1, -0.05) is 11.8 Å². The standard InChI is InChI=1S/C9H13N7O2S/c10-15-7-12-8(16-3-1-2-11-16)14-9(13-7)19-5-6(18)4-17/h1-3,6,17-18H,4-5,10H2,(H,12,13,14,15). The average molecular weight is 283 g/mol. The summed E-state index contributed by atoms with van der Waals surface area (Å²) in [6, 6.07) is 1.74. The van der Waals surface area contributed by atoms with Gasteiger partial charge in [-0.2, -0.15) is 20.1 Å². The molecule has 2 aromatic heterocycles. The van der Waals surface area contributed by atoms with Crippen molar-refractivity contribution in [2.45, 2.75) is 11.3 Å². The maximum atomic E-state index is 9.30. The zero-order valence-corrected chi connectivity index (χ0v) is 10.7. The molecule has 0 bridgehead atoms. The summed E-state index contributed by atoms with van der Waals surface area (Å²) in [5.41, 5.74) is 2.34. The Balaban J connectivity index is 2.21. The molecule has 2 rings (SSSR count). The fourth-order valence-electron chi connectivity index (χ4n) is 1.19. The van der Waals surface area contributed by atoms with Gasteiger partial charge in [-0.3, -0.25) is 5.43 Å². The van der Waals surface area contributed by atoms with E-state index in [0.717, 1.165) is 0 Å². The van der Waals surface area contributed by atoms with Crippen LogP contribution < -0.4 is 11.3 Å². The van der Waals surface area contributed by atoms with Gasteiger partial charge in [0, 0.05) is 18.1 Å². The molecule has 1 atom stereocenters. The Labute approximate surface area is 112 Å². The molecule has 0 aliphatic heterocycles. The molecule has 2 aromatic rings. The van der Waals surface area contributed by atoms with Gasteiger partial charge in [0.1, 0.15) is 0 Å². The monoisotopic (exact) mass is 283 g/mol. The molecular formula is C9H13N7O2S. The minimum absolute atomic E-state index is 0.196. The van der Waals surface area contributed by atoms with Crippen LogP contribution in [0, 0.1) is 0 Å². The van der Waals surface area contributed by atoms with E-state index in [1.165, 1.54) is 16.4 Å². The first-order chi connectivity index (χ1) is 9.22. The van der Waals surface area contributed by atoms with E-state index in [1.807, 2.05) is 0 Å². The van der Waals surface area contributed by atoms with Crippen molar-refractivity contribution in [2.75, 3.05) is 17.8 Å². The van der Waals surface area contributed by atoms with Gasteiger partial charge in [-0.15, -0.1) is 0 Å². The lowest BCUT2D eigenvalue weighted by Crippen LogP contribution is -2.17. The fraction of sp³-hybridized carbons (Fsp3) is 0.333. The number of aliphatic hydroxyl groups excluding tert-OH is 2. The van der Waals surface area contributed by atoms with Crippen molar-refractivity contribution in [1.82, 2.24) is 24.7 Å². The van der Waals surface area contributed by atoms with Gasteiger partial charge in [0.15, 0.2) is 5.16 Å². The number of hydrogen-bond acceptors (Lipinski definition) is 9. The second-order valence-electron chi connectivity index (χ2n) is 3.48. The lowest BCUT2D eigenvalue weighted by molar-refractivity contribution is 0.113. The van der Waals surface area contributed by atoms with Gasteiger partial charge in [0.2, 0.25) is 5.95 Å². The van der Waals surface area contributed by atoms with Crippen molar-refractivity contribution in [3.05, 3.63) is 18.5 Å². The predicted octanol–water partition coefficient (Wildman–Crippen LogP) is -1.21. The van der Waals surface area contributed by atoms with Crippen molar-refractivity contribution in [3.63, 3.8) is 0 Å². The summed E-state index contributed by atoms with van der Waals surface area (Å²) < 4.78 is 1.47. The first kappa shape index (κ1) is 13.7. The van der Waals surface area contributed by atoms with E-state index in [2.05, 4.69) is 25.5 Å². The molecule has 0 spiro atoms. The number of anilines is 1. The van der Waals surface area contributed by atoms with Crippen LogP contribution in [0.15, 0.2) is 23.6 Å². The molecule has 0 aromatic carbocycles. The average Bonchev–Trinajstić information content (AvgIpc) is 2.98.